The van der Waals surface area contributed by atoms with Crippen molar-refractivity contribution >= 4 is 11.0 Å². The smallest absolute Gasteiger partial charge is 0.143 e. The maximum atomic E-state index is 9.84. The second-order valence-electron chi connectivity index (χ2n) is 4.88. The highest BCUT2D eigenvalue weighted by molar-refractivity contribution is 5.82. The fraction of sp³-hybridized carbons (Fsp3) is 0.278. The van der Waals surface area contributed by atoms with Gasteiger partial charge in [0.25, 0.3) is 0 Å². The first-order valence-corrected chi connectivity index (χ1v) is 7.25. The van der Waals surface area contributed by atoms with Gasteiger partial charge in [-0.1, -0.05) is 35.9 Å². The van der Waals surface area contributed by atoms with E-state index in [0.29, 0.717) is 5.52 Å². The van der Waals surface area contributed by atoms with Crippen LogP contribution in [0.4, 0.5) is 0 Å². The Morgan fingerprint density at radius 2 is 1.52 bits per heavy atom. The molecular formula is C18H24N2O3. The highest BCUT2D eigenvalue weighted by Gasteiger charge is 2.10. The van der Waals surface area contributed by atoms with Crippen molar-refractivity contribution in [2.75, 3.05) is 14.2 Å². The Labute approximate surface area is 136 Å². The van der Waals surface area contributed by atoms with Gasteiger partial charge < -0.3 is 19.9 Å². The number of imidazole rings is 1. The molecule has 3 N–H and O–H groups in total. The van der Waals surface area contributed by atoms with Crippen LogP contribution in [-0.4, -0.2) is 39.1 Å². The molecule has 5 heteroatoms. The summed E-state index contributed by atoms with van der Waals surface area (Å²) in [4.78, 5) is 4.44. The molecule has 2 aromatic carbocycles. The molecule has 23 heavy (non-hydrogen) atoms. The van der Waals surface area contributed by atoms with Crippen LogP contribution >= 0.6 is 0 Å². The van der Waals surface area contributed by atoms with Gasteiger partial charge in [-0.2, -0.15) is 0 Å². The SMILES string of the molecule is CO.CO.Cc1ccc(Cn2c(C)nc3c(O)cccc32)cc1. The summed E-state index contributed by atoms with van der Waals surface area (Å²) in [6, 6.07) is 14.0. The summed E-state index contributed by atoms with van der Waals surface area (Å²) in [5, 5.41) is 23.8. The molecule has 124 valence electrons. The average molecular weight is 316 g/mol. The molecule has 0 aliphatic carbocycles. The molecule has 0 radical (unpaired) electrons. The van der Waals surface area contributed by atoms with E-state index in [-0.39, 0.29) is 5.75 Å². The van der Waals surface area contributed by atoms with E-state index >= 15 is 0 Å². The number of aryl methyl sites for hydroxylation is 2. The van der Waals surface area contributed by atoms with Gasteiger partial charge in [0.2, 0.25) is 0 Å². The van der Waals surface area contributed by atoms with Crippen molar-refractivity contribution < 1.29 is 15.3 Å². The number of benzene rings is 2. The Kier molecular flexibility index (Phi) is 7.25. The monoisotopic (exact) mass is 316 g/mol. The minimum atomic E-state index is 0.239. The Balaban J connectivity index is 0.000000615. The second kappa shape index (κ2) is 8.92. The lowest BCUT2D eigenvalue weighted by Gasteiger charge is -2.07. The van der Waals surface area contributed by atoms with Gasteiger partial charge in [-0.3, -0.25) is 0 Å². The number of para-hydroxylation sites is 1. The summed E-state index contributed by atoms with van der Waals surface area (Å²) in [6.07, 6.45) is 0. The van der Waals surface area contributed by atoms with Gasteiger partial charge in [0.1, 0.15) is 17.1 Å². The lowest BCUT2D eigenvalue weighted by molar-refractivity contribution is 0.399. The third-order valence-electron chi connectivity index (χ3n) is 3.41. The van der Waals surface area contributed by atoms with Crippen molar-refractivity contribution in [3.8, 4) is 5.75 Å². The molecule has 0 amide bonds. The minimum absolute atomic E-state index is 0.239. The van der Waals surface area contributed by atoms with Crippen LogP contribution in [0.25, 0.3) is 11.0 Å². The second-order valence-corrected chi connectivity index (χ2v) is 4.88. The van der Waals surface area contributed by atoms with Crippen LogP contribution in [0.2, 0.25) is 0 Å². The maximum absolute atomic E-state index is 9.84. The van der Waals surface area contributed by atoms with E-state index in [2.05, 4.69) is 40.7 Å². The van der Waals surface area contributed by atoms with Gasteiger partial charge in [-0.25, -0.2) is 4.98 Å². The van der Waals surface area contributed by atoms with Crippen LogP contribution < -0.4 is 0 Å². The summed E-state index contributed by atoms with van der Waals surface area (Å²) in [7, 11) is 2.00. The lowest BCUT2D eigenvalue weighted by Crippen LogP contribution is -2.01. The first kappa shape index (κ1) is 18.7. The first-order chi connectivity index (χ1) is 11.1. The zero-order valence-electron chi connectivity index (χ0n) is 14.0. The number of phenols is 1. The number of aromatic hydroxyl groups is 1. The molecule has 0 spiro atoms. The molecule has 0 fully saturated rings. The summed E-state index contributed by atoms with van der Waals surface area (Å²) in [5.74, 6) is 1.15. The quantitative estimate of drug-likeness (QED) is 0.679. The standard InChI is InChI=1S/C16H16N2O.2CH4O/c1-11-6-8-13(9-7-11)10-18-12(2)17-16-14(18)4-3-5-15(16)19;2*1-2/h3-9,19H,10H2,1-2H3;2*2H,1H3. The fourth-order valence-electron chi connectivity index (χ4n) is 2.32. The molecule has 1 aromatic heterocycles. The number of rotatable bonds is 2. The molecule has 5 nitrogen and oxygen atoms in total. The number of aliphatic hydroxyl groups is 2. The molecule has 0 bridgehead atoms. The van der Waals surface area contributed by atoms with Gasteiger partial charge in [-0.05, 0) is 31.5 Å². The third-order valence-corrected chi connectivity index (χ3v) is 3.41. The van der Waals surface area contributed by atoms with E-state index in [4.69, 9.17) is 10.2 Å². The molecule has 0 saturated carbocycles. The van der Waals surface area contributed by atoms with Crippen molar-refractivity contribution in [3.63, 3.8) is 0 Å². The van der Waals surface area contributed by atoms with E-state index in [0.717, 1.165) is 32.1 Å². The maximum Gasteiger partial charge on any atom is 0.143 e. The van der Waals surface area contributed by atoms with E-state index < -0.39 is 0 Å². The predicted octanol–water partition coefficient (Wildman–Crippen LogP) is 2.62. The Hall–Kier alpha value is -2.37. The van der Waals surface area contributed by atoms with Gasteiger partial charge in [0.05, 0.1) is 5.52 Å². The number of aliphatic hydroxyl groups excluding tert-OH is 2. The van der Waals surface area contributed by atoms with Gasteiger partial charge in [-0.15, -0.1) is 0 Å². The third kappa shape index (κ3) is 4.31. The fourth-order valence-corrected chi connectivity index (χ4v) is 2.32. The average Bonchev–Trinajstić information content (AvgIpc) is 2.91. The van der Waals surface area contributed by atoms with Crippen molar-refractivity contribution in [2.45, 2.75) is 20.4 Å². The predicted molar refractivity (Wildman–Crippen MR) is 92.7 cm³/mol. The van der Waals surface area contributed by atoms with Gasteiger partial charge in [0, 0.05) is 20.8 Å². The Bertz CT molecular complexity index is 734. The van der Waals surface area contributed by atoms with E-state index in [1.807, 2.05) is 19.1 Å². The zero-order chi connectivity index (χ0) is 17.4. The molecule has 3 aromatic rings. The number of hydrogen-bond donors (Lipinski definition) is 3. The highest BCUT2D eigenvalue weighted by Crippen LogP contribution is 2.25. The molecule has 0 saturated heterocycles. The Morgan fingerprint density at radius 3 is 2.13 bits per heavy atom. The normalized spacial score (nSPS) is 9.65. The molecule has 0 aliphatic heterocycles. The van der Waals surface area contributed by atoms with Crippen LogP contribution in [0.1, 0.15) is 17.0 Å². The largest absolute Gasteiger partial charge is 0.506 e. The number of aromatic nitrogens is 2. The van der Waals surface area contributed by atoms with Gasteiger partial charge >= 0.3 is 0 Å². The number of phenolic OH excluding ortho intramolecular Hbond substituents is 1. The van der Waals surface area contributed by atoms with E-state index in [1.165, 1.54) is 11.1 Å². The molecule has 3 rings (SSSR count). The number of nitrogens with zero attached hydrogens (tertiary/aromatic N) is 2. The van der Waals surface area contributed by atoms with Crippen molar-refractivity contribution in [3.05, 3.63) is 59.4 Å². The number of fused-ring (bicyclic) bond motifs is 1. The van der Waals surface area contributed by atoms with Crippen LogP contribution in [0.3, 0.4) is 0 Å². The van der Waals surface area contributed by atoms with Crippen molar-refractivity contribution in [1.82, 2.24) is 9.55 Å². The van der Waals surface area contributed by atoms with E-state index in [9.17, 15) is 5.11 Å². The summed E-state index contributed by atoms with van der Waals surface area (Å²) in [6.45, 7) is 4.82. The topological polar surface area (TPSA) is 78.5 Å². The molecule has 0 unspecified atom stereocenters. The van der Waals surface area contributed by atoms with Crippen molar-refractivity contribution in [1.29, 1.82) is 0 Å². The summed E-state index contributed by atoms with van der Waals surface area (Å²) >= 11 is 0. The molecule has 0 aliphatic rings. The Morgan fingerprint density at radius 1 is 0.913 bits per heavy atom. The highest BCUT2D eigenvalue weighted by atomic mass is 16.3. The van der Waals surface area contributed by atoms with Crippen LogP contribution in [-0.2, 0) is 6.54 Å². The lowest BCUT2D eigenvalue weighted by atomic mass is 10.1. The van der Waals surface area contributed by atoms with Crippen LogP contribution in [0, 0.1) is 13.8 Å². The molecule has 1 heterocycles. The van der Waals surface area contributed by atoms with Crippen LogP contribution in [0.15, 0.2) is 42.5 Å². The van der Waals surface area contributed by atoms with E-state index in [1.54, 1.807) is 6.07 Å². The summed E-state index contributed by atoms with van der Waals surface area (Å²) < 4.78 is 2.12. The van der Waals surface area contributed by atoms with Crippen LogP contribution in [0.5, 0.6) is 5.75 Å². The molecule has 0 atom stereocenters. The zero-order valence-corrected chi connectivity index (χ0v) is 14.0. The minimum Gasteiger partial charge on any atom is -0.506 e. The first-order valence-electron chi connectivity index (χ1n) is 7.25. The molecular weight excluding hydrogens is 292 g/mol. The summed E-state index contributed by atoms with van der Waals surface area (Å²) in [5.41, 5.74) is 4.13. The number of hydrogen-bond acceptors (Lipinski definition) is 4. The van der Waals surface area contributed by atoms with Gasteiger partial charge in [0.15, 0.2) is 0 Å². The van der Waals surface area contributed by atoms with Crippen molar-refractivity contribution in [2.24, 2.45) is 0 Å².